The molecule has 186 valence electrons. The number of urea groups is 1. The van der Waals surface area contributed by atoms with Crippen LogP contribution in [0.2, 0.25) is 0 Å². The number of benzene rings is 3. The van der Waals surface area contributed by atoms with E-state index in [0.717, 1.165) is 16.0 Å². The maximum atomic E-state index is 13.9. The van der Waals surface area contributed by atoms with Crippen LogP contribution in [-0.4, -0.2) is 55.5 Å². The summed E-state index contributed by atoms with van der Waals surface area (Å²) < 4.78 is 10.5. The molecule has 8 heteroatoms. The average Bonchev–Trinajstić information content (AvgIpc) is 3.15. The molecule has 8 nitrogen and oxygen atoms in total. The Kier molecular flexibility index (Phi) is 6.96. The predicted octanol–water partition coefficient (Wildman–Crippen LogP) is 3.47. The summed E-state index contributed by atoms with van der Waals surface area (Å²) in [7, 11) is 4.76. The Morgan fingerprint density at radius 1 is 0.861 bits per heavy atom. The van der Waals surface area contributed by atoms with Crippen molar-refractivity contribution in [3.63, 3.8) is 0 Å². The third-order valence-corrected chi connectivity index (χ3v) is 6.41. The Labute approximate surface area is 210 Å². The van der Waals surface area contributed by atoms with Gasteiger partial charge in [-0.25, -0.2) is 4.79 Å². The lowest BCUT2D eigenvalue weighted by molar-refractivity contribution is -0.138. The second-order valence-corrected chi connectivity index (χ2v) is 8.76. The zero-order valence-electron chi connectivity index (χ0n) is 20.8. The number of imide groups is 1. The number of nitrogens with one attached hydrogen (secondary N) is 1. The van der Waals surface area contributed by atoms with Crippen molar-refractivity contribution in [2.45, 2.75) is 19.0 Å². The van der Waals surface area contributed by atoms with Crippen LogP contribution in [0.5, 0.6) is 11.5 Å². The molecule has 0 bridgehead atoms. The minimum Gasteiger partial charge on any atom is -0.497 e. The van der Waals surface area contributed by atoms with Crippen LogP contribution in [0, 0.1) is 6.92 Å². The fourth-order valence-electron chi connectivity index (χ4n) is 4.27. The SMILES string of the molecule is COc1ccc(C2(c3ccc(OC)cc3)NC(=O)N(CC(=O)N(C)Cc3ccc(C)cc3)C2=O)cc1. The Morgan fingerprint density at radius 2 is 1.36 bits per heavy atom. The first-order valence-electron chi connectivity index (χ1n) is 11.5. The van der Waals surface area contributed by atoms with E-state index < -0.39 is 17.5 Å². The summed E-state index contributed by atoms with van der Waals surface area (Å²) in [6.45, 7) is 1.99. The molecular weight excluding hydrogens is 458 g/mol. The maximum absolute atomic E-state index is 13.9. The topological polar surface area (TPSA) is 88.2 Å². The first-order chi connectivity index (χ1) is 17.3. The van der Waals surface area contributed by atoms with Crippen molar-refractivity contribution in [1.82, 2.24) is 15.1 Å². The van der Waals surface area contributed by atoms with Crippen LogP contribution in [0.1, 0.15) is 22.3 Å². The molecule has 1 heterocycles. The number of methoxy groups -OCH3 is 2. The van der Waals surface area contributed by atoms with E-state index in [1.54, 1.807) is 69.8 Å². The molecule has 0 spiro atoms. The minimum atomic E-state index is -1.49. The summed E-state index contributed by atoms with van der Waals surface area (Å²) in [5.41, 5.74) is 1.69. The quantitative estimate of drug-likeness (QED) is 0.492. The van der Waals surface area contributed by atoms with Gasteiger partial charge in [0, 0.05) is 13.6 Å². The van der Waals surface area contributed by atoms with Crippen LogP contribution in [0.3, 0.4) is 0 Å². The van der Waals surface area contributed by atoms with Gasteiger partial charge in [0.1, 0.15) is 18.0 Å². The summed E-state index contributed by atoms with van der Waals surface area (Å²) in [5, 5.41) is 2.86. The van der Waals surface area contributed by atoms with Gasteiger partial charge in [-0.1, -0.05) is 54.1 Å². The molecule has 3 aromatic rings. The van der Waals surface area contributed by atoms with Crippen molar-refractivity contribution in [3.05, 3.63) is 95.1 Å². The molecule has 0 radical (unpaired) electrons. The first kappa shape index (κ1) is 24.8. The van der Waals surface area contributed by atoms with E-state index in [4.69, 9.17) is 9.47 Å². The van der Waals surface area contributed by atoms with E-state index in [0.29, 0.717) is 29.2 Å². The number of ether oxygens (including phenoxy) is 2. The van der Waals surface area contributed by atoms with Crippen molar-refractivity contribution in [1.29, 1.82) is 0 Å². The Bertz CT molecular complexity index is 1210. The standard InChI is InChI=1S/C28H29N3O5/c1-19-5-7-20(8-6-19)17-30(2)25(32)18-31-26(33)28(29-27(31)34,21-9-13-23(35-3)14-10-21)22-11-15-24(36-4)16-12-22/h5-16H,17-18H2,1-4H3,(H,29,34). The van der Waals surface area contributed by atoms with E-state index in [9.17, 15) is 14.4 Å². The van der Waals surface area contributed by atoms with Crippen LogP contribution >= 0.6 is 0 Å². The molecule has 1 fully saturated rings. The number of rotatable bonds is 8. The largest absolute Gasteiger partial charge is 0.497 e. The zero-order valence-corrected chi connectivity index (χ0v) is 20.8. The van der Waals surface area contributed by atoms with Crippen LogP contribution in [-0.2, 0) is 21.7 Å². The molecular formula is C28H29N3O5. The van der Waals surface area contributed by atoms with Crippen molar-refractivity contribution in [3.8, 4) is 11.5 Å². The Morgan fingerprint density at radius 3 is 1.83 bits per heavy atom. The number of likely N-dealkylation sites (N-methyl/N-ethyl adjacent to an activating group) is 1. The van der Waals surface area contributed by atoms with Gasteiger partial charge in [-0.15, -0.1) is 0 Å². The van der Waals surface area contributed by atoms with Crippen molar-refractivity contribution < 1.29 is 23.9 Å². The molecule has 1 aliphatic rings. The molecule has 0 saturated carbocycles. The number of amides is 4. The fraction of sp³-hybridized carbons (Fsp3) is 0.250. The molecule has 1 saturated heterocycles. The lowest BCUT2D eigenvalue weighted by atomic mass is 9.82. The number of hydrogen-bond donors (Lipinski definition) is 1. The van der Waals surface area contributed by atoms with E-state index in [1.807, 2.05) is 31.2 Å². The third-order valence-electron chi connectivity index (χ3n) is 6.41. The molecule has 1 N–H and O–H groups in total. The highest BCUT2D eigenvalue weighted by Crippen LogP contribution is 2.37. The summed E-state index contributed by atoms with van der Waals surface area (Å²) in [6.07, 6.45) is 0. The summed E-state index contributed by atoms with van der Waals surface area (Å²) >= 11 is 0. The van der Waals surface area contributed by atoms with Crippen molar-refractivity contribution >= 4 is 17.8 Å². The second kappa shape index (κ2) is 10.1. The number of aryl methyl sites for hydroxylation is 1. The molecule has 4 rings (SSSR count). The van der Waals surface area contributed by atoms with Crippen LogP contribution in [0.25, 0.3) is 0 Å². The molecule has 0 aromatic heterocycles. The van der Waals surface area contributed by atoms with Gasteiger partial charge in [0.25, 0.3) is 5.91 Å². The normalized spacial score (nSPS) is 14.4. The fourth-order valence-corrected chi connectivity index (χ4v) is 4.27. The van der Waals surface area contributed by atoms with Crippen LogP contribution < -0.4 is 14.8 Å². The average molecular weight is 488 g/mol. The van der Waals surface area contributed by atoms with Gasteiger partial charge >= 0.3 is 6.03 Å². The predicted molar refractivity (Wildman–Crippen MR) is 135 cm³/mol. The first-order valence-corrected chi connectivity index (χ1v) is 11.5. The van der Waals surface area contributed by atoms with Crippen molar-refractivity contribution in [2.75, 3.05) is 27.8 Å². The number of carbonyl (C=O) groups excluding carboxylic acids is 3. The highest BCUT2D eigenvalue weighted by molar-refractivity contribution is 6.11. The minimum absolute atomic E-state index is 0.348. The lowest BCUT2D eigenvalue weighted by Gasteiger charge is -2.28. The summed E-state index contributed by atoms with van der Waals surface area (Å²) in [6, 6.07) is 21.0. The summed E-state index contributed by atoms with van der Waals surface area (Å²) in [5.74, 6) is 0.356. The maximum Gasteiger partial charge on any atom is 0.326 e. The molecule has 0 unspecified atom stereocenters. The molecule has 3 aromatic carbocycles. The summed E-state index contributed by atoms with van der Waals surface area (Å²) in [4.78, 5) is 42.5. The Hall–Kier alpha value is -4.33. The Balaban J connectivity index is 1.63. The number of hydrogen-bond acceptors (Lipinski definition) is 5. The van der Waals surface area contributed by atoms with E-state index in [2.05, 4.69) is 5.32 Å². The van der Waals surface area contributed by atoms with Gasteiger partial charge in [-0.05, 0) is 47.9 Å². The van der Waals surface area contributed by atoms with Crippen molar-refractivity contribution in [2.24, 2.45) is 0 Å². The van der Waals surface area contributed by atoms with Crippen LogP contribution in [0.15, 0.2) is 72.8 Å². The highest BCUT2D eigenvalue weighted by Gasteiger charge is 2.54. The third kappa shape index (κ3) is 4.62. The van der Waals surface area contributed by atoms with E-state index in [1.165, 1.54) is 4.90 Å². The molecule has 1 aliphatic heterocycles. The van der Waals surface area contributed by atoms with E-state index in [-0.39, 0.29) is 12.5 Å². The molecule has 0 atom stereocenters. The van der Waals surface area contributed by atoms with Crippen LogP contribution in [0.4, 0.5) is 4.79 Å². The van der Waals surface area contributed by atoms with Gasteiger partial charge in [0.2, 0.25) is 5.91 Å². The smallest absolute Gasteiger partial charge is 0.326 e. The van der Waals surface area contributed by atoms with Gasteiger partial charge in [0.05, 0.1) is 14.2 Å². The molecule has 4 amide bonds. The highest BCUT2D eigenvalue weighted by atomic mass is 16.5. The monoisotopic (exact) mass is 487 g/mol. The van der Waals surface area contributed by atoms with Gasteiger partial charge in [-0.2, -0.15) is 0 Å². The van der Waals surface area contributed by atoms with Gasteiger partial charge < -0.3 is 19.7 Å². The molecule has 0 aliphatic carbocycles. The van der Waals surface area contributed by atoms with Gasteiger partial charge in [-0.3, -0.25) is 14.5 Å². The molecule has 36 heavy (non-hydrogen) atoms. The van der Waals surface area contributed by atoms with Gasteiger partial charge in [0.15, 0.2) is 5.54 Å². The number of nitrogens with zero attached hydrogens (tertiary/aromatic N) is 2. The second-order valence-electron chi connectivity index (χ2n) is 8.76. The number of carbonyl (C=O) groups is 3. The van der Waals surface area contributed by atoms with E-state index >= 15 is 0 Å². The zero-order chi connectivity index (χ0) is 25.9. The lowest BCUT2D eigenvalue weighted by Crippen LogP contribution is -2.46.